The van der Waals surface area contributed by atoms with Crippen LogP contribution < -0.4 is 0 Å². The van der Waals surface area contributed by atoms with E-state index in [-0.39, 0.29) is 11.5 Å². The summed E-state index contributed by atoms with van der Waals surface area (Å²) in [5, 5.41) is 3.80. The summed E-state index contributed by atoms with van der Waals surface area (Å²) in [6.07, 6.45) is 4.94. The molecule has 1 spiro atoms. The lowest BCUT2D eigenvalue weighted by Crippen LogP contribution is -2.30. The van der Waals surface area contributed by atoms with E-state index in [1.54, 1.807) is 11.1 Å². The first-order valence-electron chi connectivity index (χ1n) is 4.66. The van der Waals surface area contributed by atoms with Gasteiger partial charge < -0.3 is 9.74 Å². The van der Waals surface area contributed by atoms with Crippen LogP contribution in [0.4, 0.5) is 0 Å². The Morgan fingerprint density at radius 1 is 1.62 bits per heavy atom. The summed E-state index contributed by atoms with van der Waals surface area (Å²) in [7, 11) is 1.84. The first kappa shape index (κ1) is 8.53. The molecule has 0 aromatic heterocycles. The highest BCUT2D eigenvalue weighted by atomic mass is 16.7. The number of likely N-dealkylation sites (tertiary alicyclic amines) is 1. The lowest BCUT2D eigenvalue weighted by atomic mass is 9.92. The normalized spacial score (nSPS) is 33.6. The molecule has 0 aliphatic carbocycles. The van der Waals surface area contributed by atoms with Crippen molar-refractivity contribution in [2.24, 2.45) is 5.16 Å². The molecular formula is C9H14N2O2. The van der Waals surface area contributed by atoms with Crippen molar-refractivity contribution in [3.05, 3.63) is 0 Å². The fraction of sp³-hybridized carbons (Fsp3) is 0.778. The highest BCUT2D eigenvalue weighted by Gasteiger charge is 2.38. The largest absolute Gasteiger partial charge is 0.389 e. The van der Waals surface area contributed by atoms with Crippen LogP contribution in [0.25, 0.3) is 0 Å². The highest BCUT2D eigenvalue weighted by Crippen LogP contribution is 2.32. The molecule has 1 atom stereocenters. The number of hydrogen-bond acceptors (Lipinski definition) is 3. The zero-order chi connectivity index (χ0) is 9.31. The maximum atomic E-state index is 11.4. The van der Waals surface area contributed by atoms with Gasteiger partial charge in [-0.05, 0) is 6.42 Å². The molecule has 4 nitrogen and oxygen atoms in total. The van der Waals surface area contributed by atoms with E-state index in [2.05, 4.69) is 5.16 Å². The van der Waals surface area contributed by atoms with Crippen LogP contribution in [0.2, 0.25) is 0 Å². The van der Waals surface area contributed by atoms with Crippen molar-refractivity contribution >= 4 is 12.1 Å². The highest BCUT2D eigenvalue weighted by molar-refractivity contribution is 5.76. The van der Waals surface area contributed by atoms with Gasteiger partial charge in [0.1, 0.15) is 5.60 Å². The molecule has 0 aromatic carbocycles. The Balaban J connectivity index is 2.05. The number of rotatable bonds is 0. The Labute approximate surface area is 77.5 Å². The minimum Gasteiger partial charge on any atom is -0.389 e. The van der Waals surface area contributed by atoms with Crippen molar-refractivity contribution in [1.29, 1.82) is 0 Å². The van der Waals surface area contributed by atoms with Crippen molar-refractivity contribution < 1.29 is 9.63 Å². The molecule has 13 heavy (non-hydrogen) atoms. The Hall–Kier alpha value is -1.06. The van der Waals surface area contributed by atoms with Gasteiger partial charge >= 0.3 is 0 Å². The standard InChI is InChI=1S/C9H14N2O2/c1-11-7-5-9(3-2-8(11)12)4-6-10-13-9/h6H,2-5,7H2,1H3. The summed E-state index contributed by atoms with van der Waals surface area (Å²) in [5.74, 6) is 0.215. The van der Waals surface area contributed by atoms with Crippen LogP contribution in [0.1, 0.15) is 25.7 Å². The first-order chi connectivity index (χ1) is 6.22. The molecule has 1 unspecified atom stereocenters. The molecule has 0 aromatic rings. The second-order valence-corrected chi connectivity index (χ2v) is 3.83. The molecule has 1 fully saturated rings. The van der Waals surface area contributed by atoms with E-state index in [4.69, 9.17) is 4.84 Å². The molecule has 2 rings (SSSR count). The lowest BCUT2D eigenvalue weighted by Gasteiger charge is -2.23. The molecule has 2 aliphatic rings. The number of nitrogens with zero attached hydrogens (tertiary/aromatic N) is 2. The molecule has 2 heterocycles. The fourth-order valence-corrected chi connectivity index (χ4v) is 1.83. The van der Waals surface area contributed by atoms with Crippen molar-refractivity contribution in [2.45, 2.75) is 31.3 Å². The lowest BCUT2D eigenvalue weighted by molar-refractivity contribution is -0.129. The van der Waals surface area contributed by atoms with E-state index in [0.29, 0.717) is 6.42 Å². The van der Waals surface area contributed by atoms with Gasteiger partial charge in [-0.15, -0.1) is 0 Å². The van der Waals surface area contributed by atoms with E-state index in [9.17, 15) is 4.79 Å². The molecule has 0 radical (unpaired) electrons. The van der Waals surface area contributed by atoms with Gasteiger partial charge in [0.2, 0.25) is 5.91 Å². The Morgan fingerprint density at radius 3 is 3.15 bits per heavy atom. The van der Waals surface area contributed by atoms with Crippen molar-refractivity contribution in [3.63, 3.8) is 0 Å². The van der Waals surface area contributed by atoms with Gasteiger partial charge in [0, 0.05) is 39.1 Å². The molecule has 72 valence electrons. The fourth-order valence-electron chi connectivity index (χ4n) is 1.83. The summed E-state index contributed by atoms with van der Waals surface area (Å²) in [6.45, 7) is 0.780. The zero-order valence-electron chi connectivity index (χ0n) is 7.82. The van der Waals surface area contributed by atoms with E-state index in [0.717, 1.165) is 25.8 Å². The number of hydrogen-bond donors (Lipinski definition) is 0. The summed E-state index contributed by atoms with van der Waals surface area (Å²) in [4.78, 5) is 18.5. The van der Waals surface area contributed by atoms with Crippen molar-refractivity contribution in [2.75, 3.05) is 13.6 Å². The van der Waals surface area contributed by atoms with E-state index >= 15 is 0 Å². The molecule has 1 saturated heterocycles. The smallest absolute Gasteiger partial charge is 0.222 e. The molecule has 0 N–H and O–H groups in total. The summed E-state index contributed by atoms with van der Waals surface area (Å²) >= 11 is 0. The van der Waals surface area contributed by atoms with E-state index < -0.39 is 0 Å². The van der Waals surface area contributed by atoms with Crippen LogP contribution in [0, 0.1) is 0 Å². The van der Waals surface area contributed by atoms with Crippen molar-refractivity contribution in [3.8, 4) is 0 Å². The monoisotopic (exact) mass is 182 g/mol. The third-order valence-electron chi connectivity index (χ3n) is 2.91. The summed E-state index contributed by atoms with van der Waals surface area (Å²) < 4.78 is 0. The van der Waals surface area contributed by atoms with Gasteiger partial charge in [0.25, 0.3) is 0 Å². The predicted octanol–water partition coefficient (Wildman–Crippen LogP) is 0.774. The third kappa shape index (κ3) is 1.53. The maximum absolute atomic E-state index is 11.4. The number of carbonyl (C=O) groups is 1. The minimum atomic E-state index is -0.166. The van der Waals surface area contributed by atoms with Crippen LogP contribution in [-0.2, 0) is 9.63 Å². The Bertz CT molecular complexity index is 242. The van der Waals surface area contributed by atoms with Crippen LogP contribution in [0.15, 0.2) is 5.16 Å². The van der Waals surface area contributed by atoms with Crippen LogP contribution in [-0.4, -0.2) is 36.2 Å². The SMILES string of the molecule is CN1CCC2(CC=NO2)CCC1=O. The van der Waals surface area contributed by atoms with Gasteiger partial charge in [0.05, 0.1) is 0 Å². The summed E-state index contributed by atoms with van der Waals surface area (Å²) in [5.41, 5.74) is -0.166. The molecule has 0 bridgehead atoms. The minimum absolute atomic E-state index is 0.166. The predicted molar refractivity (Wildman–Crippen MR) is 48.4 cm³/mol. The quantitative estimate of drug-likeness (QED) is 0.555. The molecule has 0 saturated carbocycles. The second-order valence-electron chi connectivity index (χ2n) is 3.83. The average molecular weight is 182 g/mol. The van der Waals surface area contributed by atoms with Crippen molar-refractivity contribution in [1.82, 2.24) is 4.90 Å². The van der Waals surface area contributed by atoms with E-state index in [1.807, 2.05) is 7.05 Å². The number of oxime groups is 1. The van der Waals surface area contributed by atoms with Gasteiger partial charge in [-0.3, -0.25) is 4.79 Å². The van der Waals surface area contributed by atoms with Gasteiger partial charge in [-0.1, -0.05) is 5.16 Å². The molecule has 2 aliphatic heterocycles. The number of amides is 1. The topological polar surface area (TPSA) is 41.9 Å². The van der Waals surface area contributed by atoms with Crippen LogP contribution >= 0.6 is 0 Å². The summed E-state index contributed by atoms with van der Waals surface area (Å²) in [6, 6.07) is 0. The molecule has 4 heteroatoms. The number of carbonyl (C=O) groups excluding carboxylic acids is 1. The average Bonchev–Trinajstić information content (AvgIpc) is 2.54. The molecule has 1 amide bonds. The van der Waals surface area contributed by atoms with E-state index in [1.165, 1.54) is 0 Å². The zero-order valence-corrected chi connectivity index (χ0v) is 7.82. The van der Waals surface area contributed by atoms with Gasteiger partial charge in [-0.25, -0.2) is 0 Å². The Kier molecular flexibility index (Phi) is 1.98. The second kappa shape index (κ2) is 3.01. The van der Waals surface area contributed by atoms with Gasteiger partial charge in [0.15, 0.2) is 0 Å². The first-order valence-corrected chi connectivity index (χ1v) is 4.66. The van der Waals surface area contributed by atoms with Crippen LogP contribution in [0.5, 0.6) is 0 Å². The third-order valence-corrected chi connectivity index (χ3v) is 2.91. The van der Waals surface area contributed by atoms with Gasteiger partial charge in [-0.2, -0.15) is 0 Å². The van der Waals surface area contributed by atoms with Crippen LogP contribution in [0.3, 0.4) is 0 Å². The Morgan fingerprint density at radius 2 is 2.46 bits per heavy atom. The maximum Gasteiger partial charge on any atom is 0.222 e. The molecular weight excluding hydrogens is 168 g/mol.